The minimum absolute atomic E-state index is 0.0720. The van der Waals surface area contributed by atoms with Gasteiger partial charge in [0.25, 0.3) is 5.91 Å². The van der Waals surface area contributed by atoms with E-state index in [1.165, 1.54) is 12.3 Å². The second kappa shape index (κ2) is 8.40. The molecule has 0 radical (unpaired) electrons. The average Bonchev–Trinajstić information content (AvgIpc) is 3.43. The van der Waals surface area contributed by atoms with E-state index in [1.807, 2.05) is 0 Å². The van der Waals surface area contributed by atoms with Gasteiger partial charge in [-0.3, -0.25) is 9.59 Å². The highest BCUT2D eigenvalue weighted by molar-refractivity contribution is 6.03. The normalized spacial score (nSPS) is 17.9. The SMILES string of the molecule is CCC(=O)Nc1ccc(NC(=O)c2cc3n(n2)[C@@H](C(F)(F)F)C[C@H](c2ccco2)N3)cc1. The Morgan fingerprint density at radius 2 is 1.88 bits per heavy atom. The molecule has 32 heavy (non-hydrogen) atoms. The first-order valence-electron chi connectivity index (χ1n) is 9.92. The molecule has 2 aromatic heterocycles. The summed E-state index contributed by atoms with van der Waals surface area (Å²) in [5.41, 5.74) is 0.808. The largest absolute Gasteiger partial charge is 0.467 e. The van der Waals surface area contributed by atoms with Crippen molar-refractivity contribution in [3.63, 3.8) is 0 Å². The number of alkyl halides is 3. The van der Waals surface area contributed by atoms with Crippen molar-refractivity contribution in [2.45, 2.75) is 38.0 Å². The highest BCUT2D eigenvalue weighted by Crippen LogP contribution is 2.43. The molecular formula is C21H20F3N5O3. The van der Waals surface area contributed by atoms with Gasteiger partial charge in [-0.25, -0.2) is 4.68 Å². The van der Waals surface area contributed by atoms with Crippen LogP contribution in [0, 0.1) is 0 Å². The summed E-state index contributed by atoms with van der Waals surface area (Å²) >= 11 is 0. The van der Waals surface area contributed by atoms with Crippen molar-refractivity contribution in [2.75, 3.05) is 16.0 Å². The molecule has 0 bridgehead atoms. The van der Waals surface area contributed by atoms with Crippen LogP contribution in [0.2, 0.25) is 0 Å². The van der Waals surface area contributed by atoms with Crippen molar-refractivity contribution >= 4 is 29.0 Å². The standard InChI is InChI=1S/C21H20F3N5O3/c1-2-19(30)25-12-5-7-13(8-6-12)26-20(31)15-11-18-27-14(16-4-3-9-32-16)10-17(21(22,23)24)29(18)28-15/h3-9,11,14,17,27H,2,10H2,1H3,(H,25,30)(H,26,31)/t14-,17-/m1/s1. The first-order chi connectivity index (χ1) is 15.2. The summed E-state index contributed by atoms with van der Waals surface area (Å²) < 4.78 is 47.1. The van der Waals surface area contributed by atoms with Crippen LogP contribution >= 0.6 is 0 Å². The highest BCUT2D eigenvalue weighted by atomic mass is 19.4. The zero-order valence-electron chi connectivity index (χ0n) is 16.9. The lowest BCUT2D eigenvalue weighted by molar-refractivity contribution is -0.174. The number of carbonyl (C=O) groups is 2. The summed E-state index contributed by atoms with van der Waals surface area (Å²) in [4.78, 5) is 24.1. The van der Waals surface area contributed by atoms with Gasteiger partial charge in [-0.1, -0.05) is 6.92 Å². The third-order valence-corrected chi connectivity index (χ3v) is 5.06. The number of nitrogens with zero attached hydrogens (tertiary/aromatic N) is 2. The van der Waals surface area contributed by atoms with Gasteiger partial charge in [0.1, 0.15) is 11.6 Å². The van der Waals surface area contributed by atoms with E-state index in [-0.39, 0.29) is 23.8 Å². The van der Waals surface area contributed by atoms with Crippen LogP contribution in [0.5, 0.6) is 0 Å². The first-order valence-corrected chi connectivity index (χ1v) is 9.92. The van der Waals surface area contributed by atoms with Crippen molar-refractivity contribution in [3.05, 3.63) is 60.2 Å². The molecular weight excluding hydrogens is 427 g/mol. The monoisotopic (exact) mass is 447 g/mol. The molecule has 0 saturated carbocycles. The number of amides is 2. The zero-order chi connectivity index (χ0) is 22.9. The molecule has 3 heterocycles. The Balaban J connectivity index is 1.53. The predicted octanol–water partition coefficient (Wildman–Crippen LogP) is 4.74. The second-order valence-electron chi connectivity index (χ2n) is 7.30. The van der Waals surface area contributed by atoms with Crippen molar-refractivity contribution < 1.29 is 27.2 Å². The fourth-order valence-corrected chi connectivity index (χ4v) is 3.44. The number of hydrogen-bond donors (Lipinski definition) is 3. The molecule has 0 spiro atoms. The van der Waals surface area contributed by atoms with Crippen LogP contribution in [0.3, 0.4) is 0 Å². The Morgan fingerprint density at radius 3 is 2.47 bits per heavy atom. The quantitative estimate of drug-likeness (QED) is 0.525. The number of nitrogens with one attached hydrogen (secondary N) is 3. The van der Waals surface area contributed by atoms with Gasteiger partial charge in [-0.15, -0.1) is 0 Å². The molecule has 1 aliphatic heterocycles. The van der Waals surface area contributed by atoms with Gasteiger partial charge in [0, 0.05) is 30.3 Å². The fourth-order valence-electron chi connectivity index (χ4n) is 3.44. The van der Waals surface area contributed by atoms with Crippen LogP contribution in [-0.2, 0) is 4.79 Å². The van der Waals surface area contributed by atoms with E-state index in [9.17, 15) is 22.8 Å². The van der Waals surface area contributed by atoms with Gasteiger partial charge in [-0.05, 0) is 36.4 Å². The minimum atomic E-state index is -4.56. The van der Waals surface area contributed by atoms with Crippen molar-refractivity contribution in [2.24, 2.45) is 0 Å². The summed E-state index contributed by atoms with van der Waals surface area (Å²) in [6.45, 7) is 1.73. The van der Waals surface area contributed by atoms with E-state index in [4.69, 9.17) is 4.42 Å². The maximum atomic E-state index is 13.7. The molecule has 0 saturated heterocycles. The molecule has 8 nitrogen and oxygen atoms in total. The lowest BCUT2D eigenvalue weighted by Crippen LogP contribution is -2.35. The molecule has 3 N–H and O–H groups in total. The number of benzene rings is 1. The van der Waals surface area contributed by atoms with E-state index in [0.717, 1.165) is 4.68 Å². The molecule has 0 fully saturated rings. The Morgan fingerprint density at radius 1 is 1.19 bits per heavy atom. The summed E-state index contributed by atoms with van der Waals surface area (Å²) in [5, 5.41) is 12.2. The maximum Gasteiger partial charge on any atom is 0.410 e. The molecule has 3 aromatic rings. The third-order valence-electron chi connectivity index (χ3n) is 5.06. The number of furan rings is 1. The number of hydrogen-bond acceptors (Lipinski definition) is 5. The highest BCUT2D eigenvalue weighted by Gasteiger charge is 2.47. The Kier molecular flexibility index (Phi) is 5.64. The summed E-state index contributed by atoms with van der Waals surface area (Å²) in [6.07, 6.45) is -3.15. The Labute approximate surface area is 180 Å². The fraction of sp³-hybridized carbons (Fsp3) is 0.286. The van der Waals surface area contributed by atoms with Crippen molar-refractivity contribution in [1.82, 2.24) is 9.78 Å². The molecule has 2 amide bonds. The van der Waals surface area contributed by atoms with Gasteiger partial charge >= 0.3 is 6.18 Å². The molecule has 1 aromatic carbocycles. The minimum Gasteiger partial charge on any atom is -0.467 e. The lowest BCUT2D eigenvalue weighted by atomic mass is 10.0. The second-order valence-corrected chi connectivity index (χ2v) is 7.30. The molecule has 4 rings (SSSR count). The molecule has 0 aliphatic carbocycles. The molecule has 2 atom stereocenters. The van der Waals surface area contributed by atoms with Crippen LogP contribution in [0.25, 0.3) is 0 Å². The van der Waals surface area contributed by atoms with E-state index >= 15 is 0 Å². The summed E-state index contributed by atoms with van der Waals surface area (Å²) in [6, 6.07) is 8.22. The maximum absolute atomic E-state index is 13.7. The summed E-state index contributed by atoms with van der Waals surface area (Å²) in [7, 11) is 0. The van der Waals surface area contributed by atoms with Gasteiger partial charge < -0.3 is 20.4 Å². The Hall–Kier alpha value is -3.76. The topological polar surface area (TPSA) is 101 Å². The van der Waals surface area contributed by atoms with Crippen LogP contribution in [0.1, 0.15) is 48.1 Å². The number of carbonyl (C=O) groups excluding carboxylic acids is 2. The van der Waals surface area contributed by atoms with E-state index in [0.29, 0.717) is 23.6 Å². The molecule has 168 valence electrons. The lowest BCUT2D eigenvalue weighted by Gasteiger charge is -2.32. The van der Waals surface area contributed by atoms with Gasteiger partial charge in [-0.2, -0.15) is 18.3 Å². The van der Waals surface area contributed by atoms with Gasteiger partial charge in [0.05, 0.1) is 12.3 Å². The Bertz CT molecular complexity index is 1110. The number of aromatic nitrogens is 2. The number of rotatable bonds is 5. The zero-order valence-corrected chi connectivity index (χ0v) is 16.9. The predicted molar refractivity (Wildman–Crippen MR) is 110 cm³/mol. The number of fused-ring (bicyclic) bond motifs is 1. The van der Waals surface area contributed by atoms with Crippen LogP contribution in [-0.4, -0.2) is 27.8 Å². The van der Waals surface area contributed by atoms with Crippen LogP contribution < -0.4 is 16.0 Å². The smallest absolute Gasteiger partial charge is 0.410 e. The summed E-state index contributed by atoms with van der Waals surface area (Å²) in [5.74, 6) is -0.366. The van der Waals surface area contributed by atoms with E-state index < -0.39 is 24.2 Å². The van der Waals surface area contributed by atoms with Crippen LogP contribution in [0.15, 0.2) is 53.1 Å². The number of anilines is 3. The molecule has 0 unspecified atom stereocenters. The number of halogens is 3. The van der Waals surface area contributed by atoms with E-state index in [2.05, 4.69) is 21.0 Å². The van der Waals surface area contributed by atoms with Gasteiger partial charge in [0.15, 0.2) is 11.7 Å². The van der Waals surface area contributed by atoms with Crippen LogP contribution in [0.4, 0.5) is 30.4 Å². The van der Waals surface area contributed by atoms with Crippen molar-refractivity contribution in [3.8, 4) is 0 Å². The van der Waals surface area contributed by atoms with E-state index in [1.54, 1.807) is 43.3 Å². The van der Waals surface area contributed by atoms with Crippen molar-refractivity contribution in [1.29, 1.82) is 0 Å². The first kappa shape index (κ1) is 21.5. The third kappa shape index (κ3) is 4.46. The average molecular weight is 447 g/mol. The molecule has 11 heteroatoms. The molecule has 1 aliphatic rings. The van der Waals surface area contributed by atoms with Gasteiger partial charge in [0.2, 0.25) is 5.91 Å².